The number of carbonyl (C=O) groups is 2. The van der Waals surface area contributed by atoms with Crippen LogP contribution in [0.15, 0.2) is 0 Å². The maximum atomic E-state index is 11.3. The molecule has 0 spiro atoms. The summed E-state index contributed by atoms with van der Waals surface area (Å²) in [6.07, 6.45) is -0.659. The van der Waals surface area contributed by atoms with Crippen molar-refractivity contribution in [3.8, 4) is 0 Å². The van der Waals surface area contributed by atoms with Crippen molar-refractivity contribution in [2.75, 3.05) is 7.11 Å². The highest BCUT2D eigenvalue weighted by molar-refractivity contribution is 5.86. The average Bonchev–Trinajstić information content (AvgIpc) is 2.10. The first-order valence-corrected chi connectivity index (χ1v) is 4.18. The molecule has 15 heavy (non-hydrogen) atoms. The van der Waals surface area contributed by atoms with Crippen molar-refractivity contribution >= 4 is 24.4 Å². The molecule has 0 aliphatic carbocycles. The first-order valence-electron chi connectivity index (χ1n) is 4.18. The van der Waals surface area contributed by atoms with E-state index in [1.807, 2.05) is 26.2 Å². The number of nitrogens with one attached hydrogen (secondary N) is 2. The first kappa shape index (κ1) is 16.4. The second-order valence-electron chi connectivity index (χ2n) is 3.94. The third kappa shape index (κ3) is 5.44. The lowest BCUT2D eigenvalue weighted by atomic mass is 9.86. The number of nitrogens with two attached hydrogens (primary N) is 1. The van der Waals surface area contributed by atoms with Crippen molar-refractivity contribution in [3.63, 3.8) is 0 Å². The van der Waals surface area contributed by atoms with Crippen LogP contribution in [0.5, 0.6) is 0 Å². The Hall–Kier alpha value is -1.01. The van der Waals surface area contributed by atoms with E-state index >= 15 is 0 Å². The fourth-order valence-electron chi connectivity index (χ4n) is 0.935. The van der Waals surface area contributed by atoms with Crippen LogP contribution in [0, 0.1) is 5.41 Å². The largest absolute Gasteiger partial charge is 0.453 e. The quantitative estimate of drug-likeness (QED) is 0.364. The molecule has 0 saturated heterocycles. The Bertz CT molecular complexity index is 228. The topological polar surface area (TPSA) is 93.4 Å². The lowest BCUT2D eigenvalue weighted by molar-refractivity contribution is -0.125. The van der Waals surface area contributed by atoms with Crippen LogP contribution in [0.3, 0.4) is 0 Å². The summed E-state index contributed by atoms with van der Waals surface area (Å²) in [5, 5.41) is 2.40. The van der Waals surface area contributed by atoms with Gasteiger partial charge in [-0.3, -0.25) is 10.2 Å². The van der Waals surface area contributed by atoms with E-state index in [1.54, 1.807) is 0 Å². The van der Waals surface area contributed by atoms with Gasteiger partial charge in [0.25, 0.3) is 5.91 Å². The van der Waals surface area contributed by atoms with Crippen LogP contribution >= 0.6 is 12.4 Å². The van der Waals surface area contributed by atoms with Crippen molar-refractivity contribution in [1.82, 2.24) is 10.7 Å². The summed E-state index contributed by atoms with van der Waals surface area (Å²) in [7, 11) is 1.23. The van der Waals surface area contributed by atoms with E-state index in [2.05, 4.69) is 10.1 Å². The fraction of sp³-hybridized carbons (Fsp3) is 0.750. The number of rotatable bonds is 2. The monoisotopic (exact) mass is 239 g/mol. The van der Waals surface area contributed by atoms with Gasteiger partial charge in [-0.15, -0.1) is 12.4 Å². The van der Waals surface area contributed by atoms with Crippen molar-refractivity contribution < 1.29 is 14.3 Å². The van der Waals surface area contributed by atoms with Crippen LogP contribution in [-0.2, 0) is 9.53 Å². The second-order valence-corrected chi connectivity index (χ2v) is 3.94. The van der Waals surface area contributed by atoms with Crippen molar-refractivity contribution in [2.45, 2.75) is 26.8 Å². The van der Waals surface area contributed by atoms with E-state index in [0.717, 1.165) is 0 Å². The van der Waals surface area contributed by atoms with E-state index in [-0.39, 0.29) is 12.4 Å². The molecule has 0 heterocycles. The van der Waals surface area contributed by atoms with Gasteiger partial charge in [-0.2, -0.15) is 0 Å². The van der Waals surface area contributed by atoms with Gasteiger partial charge >= 0.3 is 6.09 Å². The number of ether oxygens (including phenoxy) is 1. The van der Waals surface area contributed by atoms with Gasteiger partial charge < -0.3 is 10.1 Å². The minimum atomic E-state index is -0.722. The molecule has 7 heteroatoms. The highest BCUT2D eigenvalue weighted by Crippen LogP contribution is 2.19. The molecule has 0 aliphatic rings. The standard InChI is InChI=1S/C8H17N3O3.ClH/c1-8(2,3)5(6(12)11-9)10-7(13)14-4;/h5H,9H2,1-4H3,(H,10,13)(H,11,12);1H/t5-;/m1./s1. The molecule has 0 fully saturated rings. The molecule has 4 N–H and O–H groups in total. The molecule has 0 aliphatic heterocycles. The van der Waals surface area contributed by atoms with E-state index < -0.39 is 23.5 Å². The minimum Gasteiger partial charge on any atom is -0.453 e. The zero-order valence-corrected chi connectivity index (χ0v) is 10.1. The molecule has 0 unspecified atom stereocenters. The number of carbonyl (C=O) groups excluding carboxylic acids is 2. The van der Waals surface area contributed by atoms with Gasteiger partial charge in [0, 0.05) is 0 Å². The lowest BCUT2D eigenvalue weighted by Gasteiger charge is -2.28. The summed E-state index contributed by atoms with van der Waals surface area (Å²) in [6.45, 7) is 5.43. The smallest absolute Gasteiger partial charge is 0.407 e. The zero-order chi connectivity index (χ0) is 11.4. The van der Waals surface area contributed by atoms with Crippen LogP contribution in [0.1, 0.15) is 20.8 Å². The number of methoxy groups -OCH3 is 1. The van der Waals surface area contributed by atoms with Crippen LogP contribution in [0.2, 0.25) is 0 Å². The van der Waals surface area contributed by atoms with E-state index in [0.29, 0.717) is 0 Å². The van der Waals surface area contributed by atoms with Crippen molar-refractivity contribution in [3.05, 3.63) is 0 Å². The van der Waals surface area contributed by atoms with Gasteiger partial charge in [-0.1, -0.05) is 20.8 Å². The number of halogens is 1. The van der Waals surface area contributed by atoms with Crippen molar-refractivity contribution in [1.29, 1.82) is 0 Å². The summed E-state index contributed by atoms with van der Waals surface area (Å²) in [4.78, 5) is 22.2. The first-order chi connectivity index (χ1) is 6.32. The number of hydrogen-bond donors (Lipinski definition) is 3. The second kappa shape index (κ2) is 6.47. The Labute approximate surface area is 95.3 Å². The maximum absolute atomic E-state index is 11.3. The molecule has 0 saturated carbocycles. The molecule has 2 amide bonds. The summed E-state index contributed by atoms with van der Waals surface area (Å²) in [5.41, 5.74) is 1.56. The predicted octanol–water partition coefficient (Wildman–Crippen LogP) is 0.169. The maximum Gasteiger partial charge on any atom is 0.407 e. The number of hydrogen-bond acceptors (Lipinski definition) is 4. The highest BCUT2D eigenvalue weighted by Gasteiger charge is 2.32. The summed E-state index contributed by atoms with van der Waals surface area (Å²) in [5.74, 6) is 4.54. The molecule has 0 bridgehead atoms. The van der Waals surface area contributed by atoms with Crippen LogP contribution < -0.4 is 16.6 Å². The Morgan fingerprint density at radius 1 is 1.33 bits per heavy atom. The fourth-order valence-corrected chi connectivity index (χ4v) is 0.935. The predicted molar refractivity (Wildman–Crippen MR) is 58.4 cm³/mol. The number of alkyl carbamates (subject to hydrolysis) is 1. The van der Waals surface area contributed by atoms with Gasteiger partial charge in [-0.25, -0.2) is 10.6 Å². The van der Waals surface area contributed by atoms with Gasteiger partial charge in [0.1, 0.15) is 6.04 Å². The third-order valence-corrected chi connectivity index (χ3v) is 1.72. The van der Waals surface area contributed by atoms with E-state index in [1.165, 1.54) is 7.11 Å². The number of hydrazine groups is 1. The minimum absolute atomic E-state index is 0. The van der Waals surface area contributed by atoms with Crippen molar-refractivity contribution in [2.24, 2.45) is 11.3 Å². The molecule has 0 aromatic carbocycles. The molecule has 0 aromatic rings. The van der Waals surface area contributed by atoms with Crippen LogP contribution in [-0.4, -0.2) is 25.2 Å². The molecular weight excluding hydrogens is 222 g/mol. The van der Waals surface area contributed by atoms with Gasteiger partial charge in [0.2, 0.25) is 0 Å². The Balaban J connectivity index is 0. The summed E-state index contributed by atoms with van der Waals surface area (Å²) in [6, 6.07) is -0.722. The Morgan fingerprint density at radius 3 is 2.07 bits per heavy atom. The van der Waals surface area contributed by atoms with E-state index in [4.69, 9.17) is 5.84 Å². The van der Waals surface area contributed by atoms with Crippen LogP contribution in [0.4, 0.5) is 4.79 Å². The highest BCUT2D eigenvalue weighted by atomic mass is 35.5. The molecule has 90 valence electrons. The third-order valence-electron chi connectivity index (χ3n) is 1.72. The molecule has 1 atom stereocenters. The number of amides is 2. The molecule has 0 radical (unpaired) electrons. The van der Waals surface area contributed by atoms with Gasteiger partial charge in [0.05, 0.1) is 7.11 Å². The van der Waals surface area contributed by atoms with Gasteiger partial charge in [0.15, 0.2) is 0 Å². The van der Waals surface area contributed by atoms with E-state index in [9.17, 15) is 9.59 Å². The molecule has 6 nitrogen and oxygen atoms in total. The zero-order valence-electron chi connectivity index (χ0n) is 9.29. The molecule has 0 aromatic heterocycles. The average molecular weight is 240 g/mol. The normalized spacial score (nSPS) is 12.1. The summed E-state index contributed by atoms with van der Waals surface area (Å²) >= 11 is 0. The van der Waals surface area contributed by atoms with Gasteiger partial charge in [-0.05, 0) is 5.41 Å². The van der Waals surface area contributed by atoms with Crippen LogP contribution in [0.25, 0.3) is 0 Å². The summed E-state index contributed by atoms with van der Waals surface area (Å²) < 4.78 is 4.40. The lowest BCUT2D eigenvalue weighted by Crippen LogP contribution is -2.55. The SMILES string of the molecule is COC(=O)N[C@H](C(=O)NN)C(C)(C)C.Cl. The Morgan fingerprint density at radius 2 is 1.80 bits per heavy atom. The Kier molecular flexibility index (Phi) is 7.08. The molecular formula is C8H18ClN3O3. The molecule has 0 rings (SSSR count).